The van der Waals surface area contributed by atoms with E-state index < -0.39 is 23.5 Å². The number of carbonyl (C=O) groups excluding carboxylic acids is 4. The van der Waals surface area contributed by atoms with E-state index in [1.54, 1.807) is 42.5 Å². The molecule has 2 aromatic rings. The van der Waals surface area contributed by atoms with Gasteiger partial charge in [0.1, 0.15) is 0 Å². The van der Waals surface area contributed by atoms with E-state index in [-0.39, 0.29) is 35.5 Å². The minimum atomic E-state index is -0.472. The molecule has 37 heavy (non-hydrogen) atoms. The molecule has 6 heteroatoms. The molecule has 0 aliphatic heterocycles. The summed E-state index contributed by atoms with van der Waals surface area (Å²) in [6.07, 6.45) is 5.39. The third-order valence-corrected chi connectivity index (χ3v) is 6.64. The second-order valence-electron chi connectivity index (χ2n) is 9.52. The van der Waals surface area contributed by atoms with Crippen molar-refractivity contribution in [2.45, 2.75) is 72.1 Å². The maximum absolute atomic E-state index is 13.8. The number of hydrogen-bond acceptors (Lipinski definition) is 6. The van der Waals surface area contributed by atoms with Crippen molar-refractivity contribution in [2.75, 3.05) is 0 Å². The molecular formula is C31H32O6. The highest BCUT2D eigenvalue weighted by molar-refractivity contribution is 6.34. The molecule has 0 unspecified atom stereocenters. The number of carbonyl (C=O) groups is 4. The molecule has 2 aromatic carbocycles. The second-order valence-corrected chi connectivity index (χ2v) is 9.52. The smallest absolute Gasteiger partial charge is 0.311 e. The average molecular weight is 501 g/mol. The highest BCUT2D eigenvalue weighted by Gasteiger charge is 2.43. The van der Waals surface area contributed by atoms with E-state index in [1.165, 1.54) is 0 Å². The number of benzene rings is 2. The van der Waals surface area contributed by atoms with Crippen LogP contribution in [0.3, 0.4) is 0 Å². The first-order valence-electron chi connectivity index (χ1n) is 13.1. The summed E-state index contributed by atoms with van der Waals surface area (Å²) in [5, 5.41) is 0. The SMILES string of the molecule is CCCCCC(=O)OC1=C2C(=O)c3ccc(C)cc3C(OC(=O)CCCCC)=C2C(=O)c2ccccc21. The molecule has 4 rings (SSSR count). The van der Waals surface area contributed by atoms with Crippen LogP contribution in [0.15, 0.2) is 53.6 Å². The van der Waals surface area contributed by atoms with Crippen molar-refractivity contribution in [1.82, 2.24) is 0 Å². The lowest BCUT2D eigenvalue weighted by Gasteiger charge is -2.29. The van der Waals surface area contributed by atoms with Crippen LogP contribution in [0.5, 0.6) is 0 Å². The Morgan fingerprint density at radius 2 is 1.14 bits per heavy atom. The molecule has 0 bridgehead atoms. The maximum Gasteiger partial charge on any atom is 0.311 e. The van der Waals surface area contributed by atoms with E-state index in [0.717, 1.165) is 31.2 Å². The Morgan fingerprint density at radius 3 is 1.68 bits per heavy atom. The van der Waals surface area contributed by atoms with Crippen LogP contribution in [0.2, 0.25) is 0 Å². The minimum absolute atomic E-state index is 0.0259. The molecular weight excluding hydrogens is 468 g/mol. The molecule has 0 amide bonds. The normalized spacial score (nSPS) is 14.2. The zero-order valence-electron chi connectivity index (χ0n) is 21.6. The third-order valence-electron chi connectivity index (χ3n) is 6.64. The fourth-order valence-electron chi connectivity index (χ4n) is 4.70. The molecule has 0 fully saturated rings. The monoisotopic (exact) mass is 500 g/mol. The van der Waals surface area contributed by atoms with Crippen LogP contribution in [-0.2, 0) is 19.1 Å². The van der Waals surface area contributed by atoms with E-state index in [4.69, 9.17) is 9.47 Å². The molecule has 192 valence electrons. The van der Waals surface area contributed by atoms with Gasteiger partial charge >= 0.3 is 11.9 Å². The molecule has 2 aliphatic rings. The lowest BCUT2D eigenvalue weighted by atomic mass is 9.76. The molecule has 0 atom stereocenters. The number of allylic oxidation sites excluding steroid dienone is 2. The molecule has 0 heterocycles. The van der Waals surface area contributed by atoms with Crippen molar-refractivity contribution in [3.8, 4) is 0 Å². The number of ether oxygens (including phenoxy) is 2. The summed E-state index contributed by atoms with van der Waals surface area (Å²) < 4.78 is 11.7. The van der Waals surface area contributed by atoms with E-state index in [0.29, 0.717) is 35.1 Å². The van der Waals surface area contributed by atoms with Crippen molar-refractivity contribution < 1.29 is 28.7 Å². The molecule has 2 aliphatic carbocycles. The molecule has 0 aromatic heterocycles. The van der Waals surface area contributed by atoms with Gasteiger partial charge in [0.05, 0.1) is 11.1 Å². The van der Waals surface area contributed by atoms with Crippen molar-refractivity contribution in [1.29, 1.82) is 0 Å². The lowest BCUT2D eigenvalue weighted by Crippen LogP contribution is -2.29. The number of aryl methyl sites for hydroxylation is 1. The Labute approximate surface area is 217 Å². The van der Waals surface area contributed by atoms with Gasteiger partial charge in [-0.05, 0) is 25.8 Å². The van der Waals surface area contributed by atoms with Gasteiger partial charge in [-0.3, -0.25) is 19.2 Å². The Kier molecular flexibility index (Phi) is 8.17. The number of Topliss-reactive ketones (excluding diaryl/α,β-unsaturated/α-hetero) is 2. The topological polar surface area (TPSA) is 86.7 Å². The second kappa shape index (κ2) is 11.5. The van der Waals surface area contributed by atoms with Gasteiger partial charge in [-0.25, -0.2) is 0 Å². The summed E-state index contributed by atoms with van der Waals surface area (Å²) in [5.41, 5.74) is 2.17. The number of unbranched alkanes of at least 4 members (excludes halogenated alkanes) is 4. The van der Waals surface area contributed by atoms with Crippen LogP contribution in [0, 0.1) is 6.92 Å². The molecule has 0 saturated carbocycles. The zero-order valence-corrected chi connectivity index (χ0v) is 21.6. The van der Waals surface area contributed by atoms with Gasteiger partial charge in [0.2, 0.25) is 0 Å². The first-order valence-corrected chi connectivity index (χ1v) is 13.1. The Morgan fingerprint density at radius 1 is 0.649 bits per heavy atom. The lowest BCUT2D eigenvalue weighted by molar-refractivity contribution is -0.137. The summed E-state index contributed by atoms with van der Waals surface area (Å²) in [6, 6.07) is 11.9. The summed E-state index contributed by atoms with van der Waals surface area (Å²) in [7, 11) is 0. The summed E-state index contributed by atoms with van der Waals surface area (Å²) >= 11 is 0. The van der Waals surface area contributed by atoms with Gasteiger partial charge in [-0.1, -0.05) is 81.5 Å². The van der Waals surface area contributed by atoms with Gasteiger partial charge < -0.3 is 9.47 Å². The largest absolute Gasteiger partial charge is 0.425 e. The number of hydrogen-bond donors (Lipinski definition) is 0. The number of ketones is 2. The minimum Gasteiger partial charge on any atom is -0.425 e. The highest BCUT2D eigenvalue weighted by Crippen LogP contribution is 2.45. The molecule has 0 N–H and O–H groups in total. The van der Waals surface area contributed by atoms with Crippen LogP contribution in [0.4, 0.5) is 0 Å². The quantitative estimate of drug-likeness (QED) is 0.265. The van der Waals surface area contributed by atoms with Crippen LogP contribution < -0.4 is 0 Å². The van der Waals surface area contributed by atoms with E-state index >= 15 is 0 Å². The maximum atomic E-state index is 13.8. The fourth-order valence-corrected chi connectivity index (χ4v) is 4.70. The predicted octanol–water partition coefficient (Wildman–Crippen LogP) is 6.76. The van der Waals surface area contributed by atoms with Crippen molar-refractivity contribution in [3.05, 3.63) is 81.4 Å². The van der Waals surface area contributed by atoms with Crippen molar-refractivity contribution in [3.63, 3.8) is 0 Å². The van der Waals surface area contributed by atoms with Crippen LogP contribution in [-0.4, -0.2) is 23.5 Å². The van der Waals surface area contributed by atoms with Gasteiger partial charge in [-0.15, -0.1) is 0 Å². The Hall–Kier alpha value is -3.80. The third kappa shape index (κ3) is 5.33. The zero-order chi connectivity index (χ0) is 26.5. The molecule has 0 spiro atoms. The summed E-state index contributed by atoms with van der Waals surface area (Å²) in [4.78, 5) is 53.3. The Bertz CT molecular complexity index is 1330. The molecule has 0 saturated heterocycles. The molecule has 6 nitrogen and oxygen atoms in total. The van der Waals surface area contributed by atoms with Crippen LogP contribution in [0.25, 0.3) is 11.5 Å². The van der Waals surface area contributed by atoms with E-state index in [9.17, 15) is 19.2 Å². The summed E-state index contributed by atoms with van der Waals surface area (Å²) in [5.74, 6) is -1.72. The standard InChI is InChI=1S/C31H32O6/c1-4-6-8-14-24(32)36-30-22-13-11-10-12-20(22)28(34)27-26(30)29(35)21-17-16-19(3)18-23(21)31(27)37-25(33)15-9-7-5-2/h10-13,16-18H,4-9,14-15H2,1-3H3. The number of fused-ring (bicyclic) bond motifs is 3. The first kappa shape index (κ1) is 26.3. The number of rotatable bonds is 10. The Balaban J connectivity index is 1.90. The first-order chi connectivity index (χ1) is 17.9. The van der Waals surface area contributed by atoms with E-state index in [2.05, 4.69) is 0 Å². The van der Waals surface area contributed by atoms with Crippen molar-refractivity contribution >= 4 is 35.0 Å². The number of esters is 2. The van der Waals surface area contributed by atoms with Crippen molar-refractivity contribution in [2.24, 2.45) is 0 Å². The molecule has 0 radical (unpaired) electrons. The van der Waals surface area contributed by atoms with Crippen LogP contribution in [0.1, 0.15) is 103 Å². The summed E-state index contributed by atoms with van der Waals surface area (Å²) in [6.45, 7) is 5.95. The van der Waals surface area contributed by atoms with E-state index in [1.807, 2.05) is 20.8 Å². The fraction of sp³-hybridized carbons (Fsp3) is 0.355. The predicted molar refractivity (Wildman–Crippen MR) is 141 cm³/mol. The van der Waals surface area contributed by atoms with Gasteiger partial charge in [0.25, 0.3) is 0 Å². The average Bonchev–Trinajstić information content (AvgIpc) is 2.88. The van der Waals surface area contributed by atoms with Gasteiger partial charge in [0.15, 0.2) is 23.1 Å². The van der Waals surface area contributed by atoms with Gasteiger partial charge in [0, 0.05) is 35.1 Å². The van der Waals surface area contributed by atoms with Gasteiger partial charge in [-0.2, -0.15) is 0 Å². The van der Waals surface area contributed by atoms with Crippen LogP contribution >= 0.6 is 0 Å². The highest BCUT2D eigenvalue weighted by atomic mass is 16.5.